The van der Waals surface area contributed by atoms with Crippen LogP contribution in [0.4, 0.5) is 22.0 Å². The van der Waals surface area contributed by atoms with E-state index in [-0.39, 0.29) is 12.8 Å². The van der Waals surface area contributed by atoms with Gasteiger partial charge in [0.05, 0.1) is 0 Å². The molecule has 1 heterocycles. The summed E-state index contributed by atoms with van der Waals surface area (Å²) in [6.45, 7) is 8.97. The van der Waals surface area contributed by atoms with Crippen molar-refractivity contribution >= 4 is 0 Å². The minimum absolute atomic E-state index is 0.0757. The van der Waals surface area contributed by atoms with Gasteiger partial charge in [0.1, 0.15) is 0 Å². The van der Waals surface area contributed by atoms with Crippen LogP contribution < -0.4 is 0 Å². The molecule has 0 aromatic heterocycles. The van der Waals surface area contributed by atoms with Gasteiger partial charge in [0.2, 0.25) is 0 Å². The molecule has 2 nitrogen and oxygen atoms in total. The molecule has 1 saturated heterocycles. The number of ether oxygens (including phenoxy) is 2. The monoisotopic (exact) mass is 332 g/mol. The maximum atomic E-state index is 15.6. The molecule has 0 amide bonds. The van der Waals surface area contributed by atoms with E-state index in [1.807, 2.05) is 0 Å². The highest BCUT2D eigenvalue weighted by Crippen LogP contribution is 2.64. The fourth-order valence-corrected chi connectivity index (χ4v) is 2.41. The van der Waals surface area contributed by atoms with Crippen molar-refractivity contribution in [3.63, 3.8) is 0 Å². The average Bonchev–Trinajstić information content (AvgIpc) is 2.59. The molecule has 0 saturated carbocycles. The summed E-state index contributed by atoms with van der Waals surface area (Å²) in [5, 5.41) is 0. The van der Waals surface area contributed by atoms with E-state index < -0.39 is 34.5 Å². The van der Waals surface area contributed by atoms with Crippen molar-refractivity contribution in [1.82, 2.24) is 0 Å². The highest BCUT2D eigenvalue weighted by molar-refractivity contribution is 5.10. The smallest absolute Gasteiger partial charge is 0.300 e. The van der Waals surface area contributed by atoms with E-state index in [4.69, 9.17) is 0 Å². The van der Waals surface area contributed by atoms with Crippen LogP contribution in [0.1, 0.15) is 61.3 Å². The SMILES string of the molecule is CCC(C)(C)C1(F)OC(C)(C(F)(F)F)OC1(F)C(C)(C)CC. The van der Waals surface area contributed by atoms with E-state index >= 15 is 8.78 Å². The Balaban J connectivity index is 3.58. The van der Waals surface area contributed by atoms with E-state index in [0.29, 0.717) is 6.92 Å². The molecule has 0 aromatic carbocycles. The summed E-state index contributed by atoms with van der Waals surface area (Å²) in [4.78, 5) is 0. The molecule has 1 aliphatic heterocycles. The van der Waals surface area contributed by atoms with E-state index in [0.717, 1.165) is 0 Å². The first-order chi connectivity index (χ1) is 9.54. The average molecular weight is 332 g/mol. The Morgan fingerprint density at radius 1 is 0.773 bits per heavy atom. The Kier molecular flexibility index (Phi) is 4.49. The molecule has 132 valence electrons. The Bertz CT molecular complexity index is 402. The molecule has 0 radical (unpaired) electrons. The summed E-state index contributed by atoms with van der Waals surface area (Å²) in [5.74, 6) is -9.81. The van der Waals surface area contributed by atoms with Crippen molar-refractivity contribution in [3.8, 4) is 0 Å². The van der Waals surface area contributed by atoms with E-state index in [9.17, 15) is 13.2 Å². The first-order valence-electron chi connectivity index (χ1n) is 7.38. The van der Waals surface area contributed by atoms with Gasteiger partial charge in [0, 0.05) is 10.8 Å². The zero-order chi connectivity index (χ0) is 17.8. The summed E-state index contributed by atoms with van der Waals surface area (Å²) in [7, 11) is 0. The van der Waals surface area contributed by atoms with Crippen LogP contribution in [0.3, 0.4) is 0 Å². The molecule has 0 spiro atoms. The van der Waals surface area contributed by atoms with Crippen molar-refractivity contribution in [2.45, 2.75) is 85.0 Å². The maximum Gasteiger partial charge on any atom is 0.443 e. The van der Waals surface area contributed by atoms with Gasteiger partial charge in [-0.2, -0.15) is 13.2 Å². The van der Waals surface area contributed by atoms with Crippen LogP contribution in [-0.4, -0.2) is 23.7 Å². The zero-order valence-electron chi connectivity index (χ0n) is 14.1. The molecule has 0 aromatic rings. The predicted molar refractivity (Wildman–Crippen MR) is 72.5 cm³/mol. The van der Waals surface area contributed by atoms with Crippen molar-refractivity contribution in [1.29, 1.82) is 0 Å². The third-order valence-corrected chi connectivity index (χ3v) is 5.11. The molecule has 1 aliphatic rings. The van der Waals surface area contributed by atoms with Crippen molar-refractivity contribution < 1.29 is 31.4 Å². The van der Waals surface area contributed by atoms with Gasteiger partial charge in [-0.3, -0.25) is 9.47 Å². The van der Waals surface area contributed by atoms with E-state index in [1.54, 1.807) is 13.8 Å². The van der Waals surface area contributed by atoms with Crippen LogP contribution >= 0.6 is 0 Å². The fourth-order valence-electron chi connectivity index (χ4n) is 2.41. The Hall–Kier alpha value is -0.430. The molecule has 0 aliphatic carbocycles. The first-order valence-corrected chi connectivity index (χ1v) is 7.38. The Morgan fingerprint density at radius 3 is 1.23 bits per heavy atom. The lowest BCUT2D eigenvalue weighted by atomic mass is 9.68. The molecule has 1 fully saturated rings. The van der Waals surface area contributed by atoms with Gasteiger partial charge in [0.15, 0.2) is 0 Å². The van der Waals surface area contributed by atoms with Gasteiger partial charge < -0.3 is 0 Å². The largest absolute Gasteiger partial charge is 0.443 e. The highest BCUT2D eigenvalue weighted by Gasteiger charge is 2.81. The fraction of sp³-hybridized carbons (Fsp3) is 1.00. The van der Waals surface area contributed by atoms with Crippen LogP contribution in [0, 0.1) is 10.8 Å². The van der Waals surface area contributed by atoms with E-state index in [2.05, 4.69) is 9.47 Å². The summed E-state index contributed by atoms with van der Waals surface area (Å²) < 4.78 is 80.3. The van der Waals surface area contributed by atoms with Gasteiger partial charge in [0.25, 0.3) is 17.5 Å². The van der Waals surface area contributed by atoms with Crippen LogP contribution in [-0.2, 0) is 9.47 Å². The van der Waals surface area contributed by atoms with Gasteiger partial charge in [-0.1, -0.05) is 41.5 Å². The molecule has 0 N–H and O–H groups in total. The third-order valence-electron chi connectivity index (χ3n) is 5.11. The quantitative estimate of drug-likeness (QED) is 0.632. The van der Waals surface area contributed by atoms with Crippen LogP contribution in [0.2, 0.25) is 0 Å². The second-order valence-corrected chi connectivity index (χ2v) is 7.31. The Morgan fingerprint density at radius 2 is 1.05 bits per heavy atom. The number of hydrogen-bond acceptors (Lipinski definition) is 2. The standard InChI is InChI=1S/C15H25F5O2/c1-8-10(3,4)13(16)14(17,11(5,6)9-2)22-12(7,21-13)15(18,19)20/h8-9H2,1-7H3. The third kappa shape index (κ3) is 2.35. The van der Waals surface area contributed by atoms with Crippen molar-refractivity contribution in [2.24, 2.45) is 10.8 Å². The molecule has 1 rings (SSSR count). The van der Waals surface area contributed by atoms with Gasteiger partial charge in [-0.25, -0.2) is 8.78 Å². The Labute approximate surface area is 128 Å². The summed E-state index contributed by atoms with van der Waals surface area (Å²) >= 11 is 0. The summed E-state index contributed by atoms with van der Waals surface area (Å²) in [6.07, 6.45) is -4.91. The molecule has 22 heavy (non-hydrogen) atoms. The van der Waals surface area contributed by atoms with Crippen molar-refractivity contribution in [3.05, 3.63) is 0 Å². The van der Waals surface area contributed by atoms with E-state index in [1.165, 1.54) is 27.7 Å². The molecular formula is C15H25F5O2. The normalized spacial score (nSPS) is 37.6. The topological polar surface area (TPSA) is 18.5 Å². The minimum Gasteiger partial charge on any atom is -0.300 e. The summed E-state index contributed by atoms with van der Waals surface area (Å²) in [5.41, 5.74) is -3.03. The second kappa shape index (κ2) is 5.03. The number of rotatable bonds is 4. The van der Waals surface area contributed by atoms with Gasteiger partial charge in [-0.15, -0.1) is 0 Å². The second-order valence-electron chi connectivity index (χ2n) is 7.31. The summed E-state index contributed by atoms with van der Waals surface area (Å²) in [6, 6.07) is 0. The number of halogens is 5. The van der Waals surface area contributed by atoms with Crippen LogP contribution in [0.15, 0.2) is 0 Å². The molecule has 2 unspecified atom stereocenters. The highest BCUT2D eigenvalue weighted by atomic mass is 19.4. The number of hydrogen-bond donors (Lipinski definition) is 0. The predicted octanol–water partition coefficient (Wildman–Crippen LogP) is 5.52. The van der Waals surface area contributed by atoms with Gasteiger partial charge in [-0.05, 0) is 19.8 Å². The lowest BCUT2D eigenvalue weighted by molar-refractivity contribution is -0.368. The molecule has 0 bridgehead atoms. The minimum atomic E-state index is -5.06. The maximum absolute atomic E-state index is 15.6. The molecule has 2 atom stereocenters. The number of alkyl halides is 5. The zero-order valence-corrected chi connectivity index (χ0v) is 14.1. The van der Waals surface area contributed by atoms with Crippen LogP contribution in [0.5, 0.6) is 0 Å². The lowest BCUT2D eigenvalue weighted by Gasteiger charge is -2.47. The molecule has 7 heteroatoms. The van der Waals surface area contributed by atoms with Crippen molar-refractivity contribution in [2.75, 3.05) is 0 Å². The van der Waals surface area contributed by atoms with Gasteiger partial charge >= 0.3 is 6.18 Å². The lowest BCUT2D eigenvalue weighted by Crippen LogP contribution is -2.61. The molecular weight excluding hydrogens is 307 g/mol. The first kappa shape index (κ1) is 19.6. The van der Waals surface area contributed by atoms with Crippen LogP contribution in [0.25, 0.3) is 0 Å².